The fourth-order valence-electron chi connectivity index (χ4n) is 3.33. The van der Waals surface area contributed by atoms with E-state index in [9.17, 15) is 0 Å². The summed E-state index contributed by atoms with van der Waals surface area (Å²) in [4.78, 5) is 0. The number of nitrogens with zero attached hydrogens (tertiary/aromatic N) is 3. The minimum absolute atomic E-state index is 0.691. The number of nitrogens with one attached hydrogen (secondary N) is 1. The Bertz CT molecular complexity index is 410. The molecule has 106 valence electrons. The molecule has 19 heavy (non-hydrogen) atoms. The Hall–Kier alpha value is -0.900. The van der Waals surface area contributed by atoms with E-state index in [2.05, 4.69) is 33.9 Å². The lowest BCUT2D eigenvalue weighted by molar-refractivity contribution is 0.206. The standard InChI is InChI=1S/C15H26N4/c1-11-4-3-5-14(12(11)2)16-8-9-19-10-17-18-15(19)13-6-7-13/h10-14,16H,3-9H2,1-2H3. The van der Waals surface area contributed by atoms with E-state index in [0.717, 1.165) is 24.9 Å². The monoisotopic (exact) mass is 262 g/mol. The van der Waals surface area contributed by atoms with Crippen LogP contribution in [0.4, 0.5) is 0 Å². The number of hydrogen-bond donors (Lipinski definition) is 1. The van der Waals surface area contributed by atoms with Gasteiger partial charge in [-0.25, -0.2) is 0 Å². The summed E-state index contributed by atoms with van der Waals surface area (Å²) in [5.74, 6) is 3.56. The van der Waals surface area contributed by atoms with E-state index < -0.39 is 0 Å². The summed E-state index contributed by atoms with van der Waals surface area (Å²) in [6.07, 6.45) is 8.59. The van der Waals surface area contributed by atoms with Crippen molar-refractivity contribution in [1.82, 2.24) is 20.1 Å². The van der Waals surface area contributed by atoms with Gasteiger partial charge in [0.05, 0.1) is 0 Å². The van der Waals surface area contributed by atoms with Crippen LogP contribution in [-0.4, -0.2) is 27.4 Å². The van der Waals surface area contributed by atoms with Crippen molar-refractivity contribution < 1.29 is 0 Å². The van der Waals surface area contributed by atoms with Crippen LogP contribution in [0.2, 0.25) is 0 Å². The van der Waals surface area contributed by atoms with Crippen molar-refractivity contribution in [3.63, 3.8) is 0 Å². The maximum atomic E-state index is 4.26. The Balaban J connectivity index is 1.48. The van der Waals surface area contributed by atoms with Crippen LogP contribution in [0.3, 0.4) is 0 Å². The van der Waals surface area contributed by atoms with Gasteiger partial charge in [0.1, 0.15) is 12.2 Å². The molecule has 2 saturated carbocycles. The number of hydrogen-bond acceptors (Lipinski definition) is 3. The highest BCUT2D eigenvalue weighted by molar-refractivity contribution is 5.04. The summed E-state index contributed by atoms with van der Waals surface area (Å²) in [5, 5.41) is 12.1. The van der Waals surface area contributed by atoms with Gasteiger partial charge < -0.3 is 9.88 Å². The molecule has 0 aromatic carbocycles. The molecule has 4 nitrogen and oxygen atoms in total. The summed E-state index contributed by atoms with van der Waals surface area (Å²) < 4.78 is 2.24. The molecule has 2 aliphatic carbocycles. The van der Waals surface area contributed by atoms with Crippen molar-refractivity contribution in [1.29, 1.82) is 0 Å². The van der Waals surface area contributed by atoms with E-state index in [1.807, 2.05) is 6.33 Å². The molecule has 0 amide bonds. The smallest absolute Gasteiger partial charge is 0.135 e. The van der Waals surface area contributed by atoms with Gasteiger partial charge in [0, 0.05) is 25.0 Å². The molecule has 4 heteroatoms. The van der Waals surface area contributed by atoms with Crippen molar-refractivity contribution in [2.45, 2.75) is 64.5 Å². The highest BCUT2D eigenvalue weighted by Crippen LogP contribution is 2.38. The minimum atomic E-state index is 0.691. The highest BCUT2D eigenvalue weighted by Gasteiger charge is 2.29. The van der Waals surface area contributed by atoms with Gasteiger partial charge in [0.25, 0.3) is 0 Å². The van der Waals surface area contributed by atoms with E-state index >= 15 is 0 Å². The van der Waals surface area contributed by atoms with Crippen LogP contribution in [0.1, 0.15) is 57.7 Å². The Labute approximate surface area is 116 Å². The van der Waals surface area contributed by atoms with Crippen LogP contribution in [0.25, 0.3) is 0 Å². The highest BCUT2D eigenvalue weighted by atomic mass is 15.3. The SMILES string of the molecule is CC1CCCC(NCCn2cnnc2C2CC2)C1C. The van der Waals surface area contributed by atoms with E-state index in [0.29, 0.717) is 12.0 Å². The second-order valence-corrected chi connectivity index (χ2v) is 6.48. The molecule has 0 spiro atoms. The van der Waals surface area contributed by atoms with Crippen molar-refractivity contribution in [3.05, 3.63) is 12.2 Å². The fourth-order valence-corrected chi connectivity index (χ4v) is 3.33. The zero-order chi connectivity index (χ0) is 13.2. The molecule has 1 aromatic rings. The van der Waals surface area contributed by atoms with Gasteiger partial charge in [-0.1, -0.05) is 26.7 Å². The second kappa shape index (κ2) is 5.61. The number of aromatic nitrogens is 3. The number of rotatable bonds is 5. The summed E-state index contributed by atoms with van der Waals surface area (Å²) in [6, 6.07) is 0.699. The third-order valence-corrected chi connectivity index (χ3v) is 5.05. The molecule has 1 aromatic heterocycles. The lowest BCUT2D eigenvalue weighted by Crippen LogP contribution is -2.41. The predicted molar refractivity (Wildman–Crippen MR) is 76.0 cm³/mol. The lowest BCUT2D eigenvalue weighted by atomic mass is 9.78. The molecule has 3 atom stereocenters. The van der Waals surface area contributed by atoms with Crippen LogP contribution < -0.4 is 5.32 Å². The third kappa shape index (κ3) is 2.99. The van der Waals surface area contributed by atoms with Gasteiger partial charge in [-0.15, -0.1) is 10.2 Å². The molecule has 3 rings (SSSR count). The van der Waals surface area contributed by atoms with Crippen LogP contribution in [-0.2, 0) is 6.54 Å². The Morgan fingerprint density at radius 2 is 2.11 bits per heavy atom. The normalized spacial score (nSPS) is 31.6. The van der Waals surface area contributed by atoms with Crippen LogP contribution in [0.15, 0.2) is 6.33 Å². The third-order valence-electron chi connectivity index (χ3n) is 5.05. The Morgan fingerprint density at radius 1 is 1.26 bits per heavy atom. The molecular weight excluding hydrogens is 236 g/mol. The van der Waals surface area contributed by atoms with Crippen molar-refractivity contribution in [2.24, 2.45) is 11.8 Å². The van der Waals surface area contributed by atoms with E-state index in [1.54, 1.807) is 0 Å². The molecule has 0 radical (unpaired) electrons. The molecule has 0 aliphatic heterocycles. The molecule has 1 heterocycles. The zero-order valence-electron chi connectivity index (χ0n) is 12.2. The first-order valence-corrected chi connectivity index (χ1v) is 7.87. The molecular formula is C15H26N4. The molecule has 1 N–H and O–H groups in total. The summed E-state index contributed by atoms with van der Waals surface area (Å²) in [7, 11) is 0. The first-order chi connectivity index (χ1) is 9.25. The largest absolute Gasteiger partial charge is 0.316 e. The van der Waals surface area contributed by atoms with E-state index in [-0.39, 0.29) is 0 Å². The van der Waals surface area contributed by atoms with Gasteiger partial charge in [-0.2, -0.15) is 0 Å². The van der Waals surface area contributed by atoms with E-state index in [1.165, 1.54) is 37.9 Å². The summed E-state index contributed by atoms with van der Waals surface area (Å²) >= 11 is 0. The first-order valence-electron chi connectivity index (χ1n) is 7.87. The Kier molecular flexibility index (Phi) is 3.87. The molecule has 3 unspecified atom stereocenters. The summed E-state index contributed by atoms with van der Waals surface area (Å²) in [6.45, 7) is 6.84. The topological polar surface area (TPSA) is 42.7 Å². The maximum absolute atomic E-state index is 4.26. The fraction of sp³-hybridized carbons (Fsp3) is 0.867. The Morgan fingerprint density at radius 3 is 2.89 bits per heavy atom. The molecule has 2 fully saturated rings. The predicted octanol–water partition coefficient (Wildman–Crippen LogP) is 2.57. The molecule has 2 aliphatic rings. The van der Waals surface area contributed by atoms with E-state index in [4.69, 9.17) is 0 Å². The van der Waals surface area contributed by atoms with Crippen LogP contribution in [0.5, 0.6) is 0 Å². The second-order valence-electron chi connectivity index (χ2n) is 6.48. The molecule has 0 saturated heterocycles. The lowest BCUT2D eigenvalue weighted by Gasteiger charge is -2.34. The maximum Gasteiger partial charge on any atom is 0.135 e. The van der Waals surface area contributed by atoms with Crippen LogP contribution in [0, 0.1) is 11.8 Å². The summed E-state index contributed by atoms with van der Waals surface area (Å²) in [5.41, 5.74) is 0. The first kappa shape index (κ1) is 13.1. The van der Waals surface area contributed by atoms with Crippen molar-refractivity contribution in [2.75, 3.05) is 6.54 Å². The van der Waals surface area contributed by atoms with Crippen molar-refractivity contribution >= 4 is 0 Å². The van der Waals surface area contributed by atoms with Gasteiger partial charge in [-0.05, 0) is 31.1 Å². The average molecular weight is 262 g/mol. The van der Waals surface area contributed by atoms with Gasteiger partial charge >= 0.3 is 0 Å². The average Bonchev–Trinajstić information content (AvgIpc) is 3.15. The van der Waals surface area contributed by atoms with Crippen LogP contribution >= 0.6 is 0 Å². The van der Waals surface area contributed by atoms with Gasteiger partial charge in [0.15, 0.2) is 0 Å². The quantitative estimate of drug-likeness (QED) is 0.887. The minimum Gasteiger partial charge on any atom is -0.316 e. The molecule has 0 bridgehead atoms. The van der Waals surface area contributed by atoms with Gasteiger partial charge in [0.2, 0.25) is 0 Å². The van der Waals surface area contributed by atoms with Gasteiger partial charge in [-0.3, -0.25) is 0 Å². The zero-order valence-corrected chi connectivity index (χ0v) is 12.2. The van der Waals surface area contributed by atoms with Crippen molar-refractivity contribution in [3.8, 4) is 0 Å².